The molecular weight excluding hydrogens is 606 g/mol. The minimum absolute atomic E-state index is 0.0256. The highest BCUT2D eigenvalue weighted by Crippen LogP contribution is 2.35. The summed E-state index contributed by atoms with van der Waals surface area (Å²) in [7, 11) is 0.441. The van der Waals surface area contributed by atoms with E-state index in [9.17, 15) is 13.2 Å². The van der Waals surface area contributed by atoms with Gasteiger partial charge in [0, 0.05) is 31.4 Å². The number of benzene rings is 4. The number of amides is 1. The maximum absolute atomic E-state index is 13.8. The van der Waals surface area contributed by atoms with Crippen LogP contribution in [0, 0.1) is 0 Å². The van der Waals surface area contributed by atoms with Crippen LogP contribution < -0.4 is 29.1 Å². The molecule has 0 bridgehead atoms. The molecule has 10 nitrogen and oxygen atoms in total. The largest absolute Gasteiger partial charge is 0.497 e. The van der Waals surface area contributed by atoms with E-state index in [1.54, 1.807) is 68.8 Å². The Labute approximate surface area is 271 Å². The highest BCUT2D eigenvalue weighted by Gasteiger charge is 2.22. The number of nitrogens with zero attached hydrogens (tertiary/aromatic N) is 1. The van der Waals surface area contributed by atoms with Crippen molar-refractivity contribution >= 4 is 27.5 Å². The molecule has 0 aliphatic heterocycles. The summed E-state index contributed by atoms with van der Waals surface area (Å²) >= 11 is 0. The second-order valence-electron chi connectivity index (χ2n) is 11.5. The fourth-order valence-corrected chi connectivity index (χ4v) is 5.97. The maximum Gasteiger partial charge on any atom is 0.407 e. The molecule has 0 aromatic heterocycles. The summed E-state index contributed by atoms with van der Waals surface area (Å²) in [5, 5.41) is 2.80. The third kappa shape index (κ3) is 9.31. The van der Waals surface area contributed by atoms with Gasteiger partial charge in [0.25, 0.3) is 10.0 Å². The third-order valence-electron chi connectivity index (χ3n) is 6.87. The van der Waals surface area contributed by atoms with E-state index in [2.05, 4.69) is 14.9 Å². The van der Waals surface area contributed by atoms with E-state index in [-0.39, 0.29) is 10.6 Å². The Morgan fingerprint density at radius 2 is 1.48 bits per heavy atom. The Balaban J connectivity index is 1.61. The van der Waals surface area contributed by atoms with Gasteiger partial charge < -0.3 is 29.2 Å². The lowest BCUT2D eigenvalue weighted by atomic mass is 10.0. The Kier molecular flexibility index (Phi) is 11.0. The Hall–Kier alpha value is -4.90. The number of hydrogen-bond donors (Lipinski definition) is 2. The average Bonchev–Trinajstić information content (AvgIpc) is 3.03. The number of sulfonamides is 1. The number of nitrogens with one attached hydrogen (secondary N) is 2. The number of carbonyl (C=O) groups excluding carboxylic acids is 1. The fraction of sp³-hybridized carbons (Fsp3) is 0.286. The number of hydrogen-bond acceptors (Lipinski definition) is 8. The van der Waals surface area contributed by atoms with Gasteiger partial charge in [-0.3, -0.25) is 4.72 Å². The van der Waals surface area contributed by atoms with Crippen LogP contribution in [0.15, 0.2) is 95.9 Å². The number of ether oxygens (including phenoxy) is 4. The van der Waals surface area contributed by atoms with Crippen LogP contribution in [-0.4, -0.2) is 54.5 Å². The summed E-state index contributed by atoms with van der Waals surface area (Å²) in [5.74, 6) is 1.35. The van der Waals surface area contributed by atoms with Crippen LogP contribution in [0.3, 0.4) is 0 Å². The summed E-state index contributed by atoms with van der Waals surface area (Å²) in [6, 6.07) is 27.3. The normalized spacial score (nSPS) is 11.3. The predicted molar refractivity (Wildman–Crippen MR) is 181 cm³/mol. The quantitative estimate of drug-likeness (QED) is 0.165. The second kappa shape index (κ2) is 14.9. The van der Waals surface area contributed by atoms with Gasteiger partial charge in [0.1, 0.15) is 27.7 Å². The van der Waals surface area contributed by atoms with E-state index < -0.39 is 21.7 Å². The molecular formula is C35H41N3O7S. The van der Waals surface area contributed by atoms with Gasteiger partial charge >= 0.3 is 6.09 Å². The first kappa shape index (κ1) is 34.0. The zero-order chi connectivity index (χ0) is 33.3. The molecule has 0 unspecified atom stereocenters. The van der Waals surface area contributed by atoms with Gasteiger partial charge in [0.2, 0.25) is 0 Å². The molecule has 0 spiro atoms. The molecule has 0 saturated heterocycles. The highest BCUT2D eigenvalue weighted by atomic mass is 32.2. The van der Waals surface area contributed by atoms with Gasteiger partial charge in [-0.05, 0) is 79.9 Å². The number of anilines is 2. The predicted octanol–water partition coefficient (Wildman–Crippen LogP) is 6.71. The molecule has 1 amide bonds. The molecule has 2 N–H and O–H groups in total. The Bertz CT molecular complexity index is 1720. The zero-order valence-corrected chi connectivity index (χ0v) is 27.8. The SMILES string of the molecule is COc1cc(OC)cc(-c2ccc(OC)c(S(=O)(=O)Nc3cccc(N(CCNC(=O)OC(C)(C)C)Cc4ccccc4)c3)c2)c1. The molecule has 4 aromatic carbocycles. The van der Waals surface area contributed by atoms with Crippen LogP contribution in [-0.2, 0) is 21.3 Å². The summed E-state index contributed by atoms with van der Waals surface area (Å²) in [6.45, 7) is 6.72. The molecule has 4 aromatic rings. The molecule has 46 heavy (non-hydrogen) atoms. The lowest BCUT2D eigenvalue weighted by Gasteiger charge is -2.26. The van der Waals surface area contributed by atoms with Crippen LogP contribution in [0.1, 0.15) is 26.3 Å². The average molecular weight is 648 g/mol. The standard InChI is InChI=1S/C35H41N3O7S/c1-35(2,3)45-34(39)36-17-18-38(24-25-11-8-7-9-12-25)29-14-10-13-28(22-29)37-46(40,41)33-21-26(15-16-32(33)44-6)27-19-30(42-4)23-31(20-27)43-5/h7-16,19-23,37H,17-18,24H2,1-6H3,(H,36,39). The van der Waals surface area contributed by atoms with Gasteiger partial charge in [-0.2, -0.15) is 0 Å². The van der Waals surface area contributed by atoms with Crippen LogP contribution >= 0.6 is 0 Å². The second-order valence-corrected chi connectivity index (χ2v) is 13.1. The fourth-order valence-electron chi connectivity index (χ4n) is 4.73. The van der Waals surface area contributed by atoms with E-state index >= 15 is 0 Å². The van der Waals surface area contributed by atoms with Crippen molar-refractivity contribution in [3.8, 4) is 28.4 Å². The first-order chi connectivity index (χ1) is 21.9. The Morgan fingerprint density at radius 1 is 0.783 bits per heavy atom. The molecule has 0 aliphatic carbocycles. The topological polar surface area (TPSA) is 115 Å². The smallest absolute Gasteiger partial charge is 0.407 e. The van der Waals surface area contributed by atoms with Crippen molar-refractivity contribution in [3.63, 3.8) is 0 Å². The van der Waals surface area contributed by atoms with E-state index in [1.165, 1.54) is 7.11 Å². The van der Waals surface area contributed by atoms with Crippen molar-refractivity contribution < 1.29 is 32.2 Å². The van der Waals surface area contributed by atoms with E-state index in [4.69, 9.17) is 18.9 Å². The van der Waals surface area contributed by atoms with Crippen molar-refractivity contribution in [1.82, 2.24) is 5.32 Å². The van der Waals surface area contributed by atoms with Crippen molar-refractivity contribution in [2.45, 2.75) is 37.8 Å². The number of rotatable bonds is 13. The lowest BCUT2D eigenvalue weighted by Crippen LogP contribution is -2.38. The highest BCUT2D eigenvalue weighted by molar-refractivity contribution is 7.92. The molecule has 0 heterocycles. The minimum Gasteiger partial charge on any atom is -0.497 e. The minimum atomic E-state index is -4.09. The van der Waals surface area contributed by atoms with Gasteiger partial charge in [-0.25, -0.2) is 13.2 Å². The van der Waals surface area contributed by atoms with Gasteiger partial charge in [0.05, 0.1) is 27.0 Å². The first-order valence-corrected chi connectivity index (χ1v) is 16.2. The van der Waals surface area contributed by atoms with E-state index in [0.717, 1.165) is 11.3 Å². The number of carbonyl (C=O) groups is 1. The lowest BCUT2D eigenvalue weighted by molar-refractivity contribution is 0.0529. The number of methoxy groups -OCH3 is 3. The van der Waals surface area contributed by atoms with Crippen molar-refractivity contribution in [3.05, 3.63) is 96.6 Å². The third-order valence-corrected chi connectivity index (χ3v) is 8.27. The van der Waals surface area contributed by atoms with E-state index in [0.29, 0.717) is 47.9 Å². The maximum atomic E-state index is 13.8. The van der Waals surface area contributed by atoms with Crippen LogP contribution in [0.5, 0.6) is 17.2 Å². The zero-order valence-electron chi connectivity index (χ0n) is 27.0. The Morgan fingerprint density at radius 3 is 2.11 bits per heavy atom. The first-order valence-electron chi connectivity index (χ1n) is 14.7. The van der Waals surface area contributed by atoms with Gasteiger partial charge in [-0.1, -0.05) is 42.5 Å². The van der Waals surface area contributed by atoms with Crippen molar-refractivity contribution in [1.29, 1.82) is 0 Å². The van der Waals surface area contributed by atoms with Crippen LogP contribution in [0.25, 0.3) is 11.1 Å². The monoisotopic (exact) mass is 647 g/mol. The van der Waals surface area contributed by atoms with Gasteiger partial charge in [0.15, 0.2) is 0 Å². The summed E-state index contributed by atoms with van der Waals surface area (Å²) in [5.41, 5.74) is 2.93. The summed E-state index contributed by atoms with van der Waals surface area (Å²) in [6.07, 6.45) is -0.503. The molecule has 0 aliphatic rings. The van der Waals surface area contributed by atoms with Crippen molar-refractivity contribution in [2.24, 2.45) is 0 Å². The summed E-state index contributed by atoms with van der Waals surface area (Å²) < 4.78 is 52.0. The summed E-state index contributed by atoms with van der Waals surface area (Å²) in [4.78, 5) is 14.3. The van der Waals surface area contributed by atoms with Gasteiger partial charge in [-0.15, -0.1) is 0 Å². The molecule has 0 radical (unpaired) electrons. The molecule has 0 atom stereocenters. The van der Waals surface area contributed by atoms with Crippen molar-refractivity contribution in [2.75, 3.05) is 44.0 Å². The van der Waals surface area contributed by atoms with Crippen LogP contribution in [0.2, 0.25) is 0 Å². The molecule has 11 heteroatoms. The van der Waals surface area contributed by atoms with E-state index in [1.807, 2.05) is 57.2 Å². The van der Waals surface area contributed by atoms with Crippen LogP contribution in [0.4, 0.5) is 16.2 Å². The molecule has 0 saturated carbocycles. The molecule has 244 valence electrons. The molecule has 4 rings (SSSR count). The number of alkyl carbamates (subject to hydrolysis) is 1. The molecule has 0 fully saturated rings.